The molecule has 0 aromatic heterocycles. The van der Waals surface area contributed by atoms with Gasteiger partial charge in [-0.05, 0) is 19.3 Å². The number of unbranched alkanes of at least 4 members (excludes halogenated alkanes) is 11. The minimum absolute atomic E-state index is 0.0171. The normalized spacial score (nSPS) is 21.0. The molecule has 168 valence electrons. The zero-order valence-corrected chi connectivity index (χ0v) is 18.4. The number of methoxy groups -OCH3 is 1. The Morgan fingerprint density at radius 1 is 0.821 bits per heavy atom. The van der Waals surface area contributed by atoms with Crippen LogP contribution in [0.4, 0.5) is 0 Å². The first-order valence-electron chi connectivity index (χ1n) is 11.8. The van der Waals surface area contributed by atoms with Gasteiger partial charge in [-0.2, -0.15) is 0 Å². The van der Waals surface area contributed by atoms with Crippen molar-refractivity contribution in [2.24, 2.45) is 0 Å². The van der Waals surface area contributed by atoms with E-state index in [1.54, 1.807) is 7.11 Å². The Hall–Kier alpha value is -0.200. The second kappa shape index (κ2) is 17.6. The predicted octanol–water partition coefficient (Wildman–Crippen LogP) is 4.97. The Balaban J connectivity index is 1.98. The number of hydrogen-bond acceptors (Lipinski definition) is 5. The Labute approximate surface area is 173 Å². The zero-order valence-electron chi connectivity index (χ0n) is 18.4. The Bertz CT molecular complexity index is 339. The summed E-state index contributed by atoms with van der Waals surface area (Å²) in [5.41, 5.74) is 0. The molecule has 28 heavy (non-hydrogen) atoms. The molecule has 0 amide bonds. The summed E-state index contributed by atoms with van der Waals surface area (Å²) in [7, 11) is 1.60. The van der Waals surface area contributed by atoms with Crippen molar-refractivity contribution in [2.75, 3.05) is 20.5 Å². The second-order valence-corrected chi connectivity index (χ2v) is 8.33. The average molecular weight is 403 g/mol. The molecule has 4 atom stereocenters. The molecule has 2 N–H and O–H groups in total. The molecule has 0 spiro atoms. The van der Waals surface area contributed by atoms with Crippen molar-refractivity contribution in [3.8, 4) is 0 Å². The zero-order chi connectivity index (χ0) is 20.5. The van der Waals surface area contributed by atoms with Gasteiger partial charge in [0.05, 0.1) is 24.9 Å². The summed E-state index contributed by atoms with van der Waals surface area (Å²) in [5.74, 6) is 0. The SMILES string of the molecule is CCCCCCCCCCCCCC[C@@H](O)[C@@H](CC[C@@H]1O[C@H]1CO)OCOC. The monoisotopic (exact) mass is 402 g/mol. The minimum atomic E-state index is -0.454. The predicted molar refractivity (Wildman–Crippen MR) is 113 cm³/mol. The van der Waals surface area contributed by atoms with Crippen LogP contribution in [-0.2, 0) is 14.2 Å². The van der Waals surface area contributed by atoms with Gasteiger partial charge in [0.2, 0.25) is 0 Å². The molecule has 0 aliphatic carbocycles. The average Bonchev–Trinajstić information content (AvgIpc) is 3.47. The summed E-state index contributed by atoms with van der Waals surface area (Å²) < 4.78 is 16.0. The molecule has 1 rings (SSSR count). The summed E-state index contributed by atoms with van der Waals surface area (Å²) in [6.45, 7) is 2.55. The highest BCUT2D eigenvalue weighted by Crippen LogP contribution is 2.28. The summed E-state index contributed by atoms with van der Waals surface area (Å²) in [6.07, 6.45) is 17.6. The number of aliphatic hydroxyl groups excluding tert-OH is 2. The van der Waals surface area contributed by atoms with Crippen LogP contribution in [-0.4, -0.2) is 55.1 Å². The molecule has 1 aliphatic heterocycles. The number of ether oxygens (including phenoxy) is 3. The molecule has 0 saturated carbocycles. The molecule has 0 bridgehead atoms. The quantitative estimate of drug-likeness (QED) is 0.161. The summed E-state index contributed by atoms with van der Waals surface area (Å²) in [4.78, 5) is 0. The number of aliphatic hydroxyl groups is 2. The number of rotatable bonds is 21. The van der Waals surface area contributed by atoms with E-state index in [4.69, 9.17) is 19.3 Å². The molecule has 0 aromatic carbocycles. The van der Waals surface area contributed by atoms with Crippen LogP contribution in [0.2, 0.25) is 0 Å². The fourth-order valence-electron chi connectivity index (χ4n) is 3.84. The van der Waals surface area contributed by atoms with Gasteiger partial charge in [-0.25, -0.2) is 0 Å². The van der Waals surface area contributed by atoms with Gasteiger partial charge in [-0.15, -0.1) is 0 Å². The number of hydrogen-bond donors (Lipinski definition) is 2. The molecule has 1 aliphatic rings. The first-order chi connectivity index (χ1) is 13.7. The van der Waals surface area contributed by atoms with E-state index in [0.717, 1.165) is 25.7 Å². The van der Waals surface area contributed by atoms with Gasteiger partial charge in [0.15, 0.2) is 0 Å². The molecule has 0 aromatic rings. The molecule has 0 unspecified atom stereocenters. The van der Waals surface area contributed by atoms with Gasteiger partial charge in [0.1, 0.15) is 12.9 Å². The van der Waals surface area contributed by atoms with Gasteiger partial charge < -0.3 is 24.4 Å². The lowest BCUT2D eigenvalue weighted by molar-refractivity contribution is -0.117. The van der Waals surface area contributed by atoms with Gasteiger partial charge in [-0.3, -0.25) is 0 Å². The fourth-order valence-corrected chi connectivity index (χ4v) is 3.84. The fraction of sp³-hybridized carbons (Fsp3) is 1.00. The van der Waals surface area contributed by atoms with Crippen LogP contribution in [0.3, 0.4) is 0 Å². The highest BCUT2D eigenvalue weighted by Gasteiger charge is 2.38. The van der Waals surface area contributed by atoms with E-state index >= 15 is 0 Å². The first kappa shape index (κ1) is 25.8. The van der Waals surface area contributed by atoms with Crippen molar-refractivity contribution < 1.29 is 24.4 Å². The van der Waals surface area contributed by atoms with Crippen LogP contribution in [0.1, 0.15) is 103 Å². The van der Waals surface area contributed by atoms with E-state index in [9.17, 15) is 5.11 Å². The first-order valence-corrected chi connectivity index (χ1v) is 11.8. The van der Waals surface area contributed by atoms with Gasteiger partial charge in [0.25, 0.3) is 0 Å². The molecule has 5 heteroatoms. The Morgan fingerprint density at radius 2 is 1.39 bits per heavy atom. The van der Waals surface area contributed by atoms with Gasteiger partial charge in [-0.1, -0.05) is 84.0 Å². The lowest BCUT2D eigenvalue weighted by atomic mass is 9.99. The van der Waals surface area contributed by atoms with Crippen molar-refractivity contribution in [3.63, 3.8) is 0 Å². The number of epoxide rings is 1. The van der Waals surface area contributed by atoms with Crippen molar-refractivity contribution >= 4 is 0 Å². The van der Waals surface area contributed by atoms with Crippen molar-refractivity contribution in [1.82, 2.24) is 0 Å². The lowest BCUT2D eigenvalue weighted by Gasteiger charge is -2.23. The van der Waals surface area contributed by atoms with E-state index in [1.165, 1.54) is 70.6 Å². The third kappa shape index (κ3) is 13.1. The molecule has 1 fully saturated rings. The van der Waals surface area contributed by atoms with Crippen LogP contribution in [0.15, 0.2) is 0 Å². The van der Waals surface area contributed by atoms with E-state index in [2.05, 4.69) is 6.92 Å². The molecule has 5 nitrogen and oxygen atoms in total. The third-order valence-corrected chi connectivity index (χ3v) is 5.79. The van der Waals surface area contributed by atoms with E-state index < -0.39 is 6.10 Å². The van der Waals surface area contributed by atoms with E-state index in [-0.39, 0.29) is 31.7 Å². The van der Waals surface area contributed by atoms with E-state index in [1.807, 2.05) is 0 Å². The Morgan fingerprint density at radius 3 is 1.89 bits per heavy atom. The van der Waals surface area contributed by atoms with E-state index in [0.29, 0.717) is 0 Å². The van der Waals surface area contributed by atoms with Crippen LogP contribution in [0.25, 0.3) is 0 Å². The molecule has 0 radical (unpaired) electrons. The van der Waals surface area contributed by atoms with Crippen molar-refractivity contribution in [1.29, 1.82) is 0 Å². The topological polar surface area (TPSA) is 71.5 Å². The maximum absolute atomic E-state index is 10.5. The Kier molecular flexibility index (Phi) is 16.3. The van der Waals surface area contributed by atoms with Crippen molar-refractivity contribution in [3.05, 3.63) is 0 Å². The molecule has 1 heterocycles. The minimum Gasteiger partial charge on any atom is -0.394 e. The largest absolute Gasteiger partial charge is 0.394 e. The summed E-state index contributed by atoms with van der Waals surface area (Å²) in [5, 5.41) is 19.5. The summed E-state index contributed by atoms with van der Waals surface area (Å²) in [6, 6.07) is 0. The van der Waals surface area contributed by atoms with Crippen LogP contribution in [0, 0.1) is 0 Å². The van der Waals surface area contributed by atoms with Crippen molar-refractivity contribution in [2.45, 2.75) is 128 Å². The third-order valence-electron chi connectivity index (χ3n) is 5.79. The van der Waals surface area contributed by atoms with Crippen LogP contribution < -0.4 is 0 Å². The maximum atomic E-state index is 10.5. The van der Waals surface area contributed by atoms with Crippen LogP contribution in [0.5, 0.6) is 0 Å². The highest BCUT2D eigenvalue weighted by atomic mass is 16.7. The standard InChI is InChI=1S/C23H46O5/c1-3-4-5-6-7-8-9-10-11-12-13-14-15-20(25)21(27-19-26-2)16-17-22-23(18-24)28-22/h20-25H,3-19H2,1-2H3/t20-,21-,22+,23+/m1/s1. The summed E-state index contributed by atoms with van der Waals surface area (Å²) >= 11 is 0. The van der Waals surface area contributed by atoms with Gasteiger partial charge >= 0.3 is 0 Å². The maximum Gasteiger partial charge on any atom is 0.146 e. The van der Waals surface area contributed by atoms with Crippen LogP contribution >= 0.6 is 0 Å². The molecule has 1 saturated heterocycles. The smallest absolute Gasteiger partial charge is 0.146 e. The highest BCUT2D eigenvalue weighted by molar-refractivity contribution is 4.85. The lowest BCUT2D eigenvalue weighted by Crippen LogP contribution is -2.30. The molecular formula is C23H46O5. The second-order valence-electron chi connectivity index (χ2n) is 8.33. The molecular weight excluding hydrogens is 356 g/mol. The van der Waals surface area contributed by atoms with Gasteiger partial charge in [0, 0.05) is 7.11 Å².